The number of hydrogen-bond donors (Lipinski definition) is 1. The van der Waals surface area contributed by atoms with Crippen molar-refractivity contribution in [3.05, 3.63) is 28.5 Å². The van der Waals surface area contributed by atoms with E-state index in [0.29, 0.717) is 23.9 Å². The standard InChI is InChI=1S/C11H13BrFNO3S/c12-8-3-4-10(13)11(6-8)18(16,17)14-5-1-2-9(15)7-14/h3-4,6,9,15H,1-2,5,7H2. The lowest BCUT2D eigenvalue weighted by atomic mass is 10.1. The Morgan fingerprint density at radius 1 is 1.44 bits per heavy atom. The smallest absolute Gasteiger partial charge is 0.246 e. The molecule has 0 amide bonds. The van der Waals surface area contributed by atoms with E-state index in [2.05, 4.69) is 15.9 Å². The molecular formula is C11H13BrFNO3S. The van der Waals surface area contributed by atoms with E-state index in [1.54, 1.807) is 0 Å². The molecule has 4 nitrogen and oxygen atoms in total. The maximum absolute atomic E-state index is 13.6. The van der Waals surface area contributed by atoms with Gasteiger partial charge in [-0.25, -0.2) is 12.8 Å². The highest BCUT2D eigenvalue weighted by atomic mass is 79.9. The van der Waals surface area contributed by atoms with Crippen LogP contribution in [0.1, 0.15) is 12.8 Å². The van der Waals surface area contributed by atoms with Gasteiger partial charge in [0.25, 0.3) is 0 Å². The summed E-state index contributed by atoms with van der Waals surface area (Å²) in [5, 5.41) is 9.50. The first-order valence-corrected chi connectivity index (χ1v) is 7.78. The highest BCUT2D eigenvalue weighted by Gasteiger charge is 2.31. The van der Waals surface area contributed by atoms with Gasteiger partial charge < -0.3 is 5.11 Å². The van der Waals surface area contributed by atoms with Crippen LogP contribution in [0.2, 0.25) is 0 Å². The molecule has 1 N–H and O–H groups in total. The molecule has 7 heteroatoms. The number of β-amino-alcohol motifs (C(OH)–C–C–N with tert-alkyl or cyclic N) is 1. The number of rotatable bonds is 2. The predicted molar refractivity (Wildman–Crippen MR) is 68.1 cm³/mol. The Morgan fingerprint density at radius 2 is 2.17 bits per heavy atom. The molecule has 1 aromatic rings. The van der Waals surface area contributed by atoms with E-state index in [9.17, 15) is 17.9 Å². The lowest BCUT2D eigenvalue weighted by Crippen LogP contribution is -2.42. The first-order chi connectivity index (χ1) is 8.41. The van der Waals surface area contributed by atoms with Crippen LogP contribution in [0.15, 0.2) is 27.6 Å². The molecule has 1 aliphatic rings. The van der Waals surface area contributed by atoms with Crippen molar-refractivity contribution in [1.82, 2.24) is 4.31 Å². The van der Waals surface area contributed by atoms with Gasteiger partial charge in [-0.3, -0.25) is 0 Å². The molecular weight excluding hydrogens is 325 g/mol. The van der Waals surface area contributed by atoms with Gasteiger partial charge in [0.1, 0.15) is 10.7 Å². The normalized spacial score (nSPS) is 22.1. The fraction of sp³-hybridized carbons (Fsp3) is 0.455. The molecule has 0 aliphatic carbocycles. The number of sulfonamides is 1. The molecule has 1 saturated heterocycles. The van der Waals surface area contributed by atoms with Crippen molar-refractivity contribution in [2.24, 2.45) is 0 Å². The van der Waals surface area contributed by atoms with Gasteiger partial charge in [-0.05, 0) is 31.0 Å². The average molecular weight is 338 g/mol. The van der Waals surface area contributed by atoms with Gasteiger partial charge in [0.05, 0.1) is 6.10 Å². The van der Waals surface area contributed by atoms with E-state index in [1.807, 2.05) is 0 Å². The summed E-state index contributed by atoms with van der Waals surface area (Å²) in [5.41, 5.74) is 0. The zero-order valence-electron chi connectivity index (χ0n) is 9.51. The third-order valence-corrected chi connectivity index (χ3v) is 5.24. The predicted octanol–water partition coefficient (Wildman–Crippen LogP) is 1.73. The number of nitrogens with zero attached hydrogens (tertiary/aromatic N) is 1. The maximum Gasteiger partial charge on any atom is 0.246 e. The van der Waals surface area contributed by atoms with Crippen LogP contribution in [0, 0.1) is 5.82 Å². The number of benzene rings is 1. The lowest BCUT2D eigenvalue weighted by molar-refractivity contribution is 0.108. The minimum atomic E-state index is -3.88. The fourth-order valence-electron chi connectivity index (χ4n) is 1.95. The van der Waals surface area contributed by atoms with Crippen LogP contribution in [0.3, 0.4) is 0 Å². The summed E-state index contributed by atoms with van der Waals surface area (Å²) in [7, 11) is -3.88. The first kappa shape index (κ1) is 13.9. The molecule has 1 unspecified atom stereocenters. The highest BCUT2D eigenvalue weighted by molar-refractivity contribution is 9.10. The summed E-state index contributed by atoms with van der Waals surface area (Å²) >= 11 is 3.13. The quantitative estimate of drug-likeness (QED) is 0.894. The van der Waals surface area contributed by atoms with Crippen molar-refractivity contribution in [3.8, 4) is 0 Å². The number of aliphatic hydroxyl groups is 1. The molecule has 1 aliphatic heterocycles. The van der Waals surface area contributed by atoms with Crippen LogP contribution in [-0.2, 0) is 10.0 Å². The number of piperidine rings is 1. The molecule has 100 valence electrons. The molecule has 1 atom stereocenters. The van der Waals surface area contributed by atoms with Crippen molar-refractivity contribution < 1.29 is 17.9 Å². The summed E-state index contributed by atoms with van der Waals surface area (Å²) in [6, 6.07) is 3.79. The summed E-state index contributed by atoms with van der Waals surface area (Å²) < 4.78 is 39.8. The van der Waals surface area contributed by atoms with Gasteiger partial charge in [-0.15, -0.1) is 0 Å². The molecule has 18 heavy (non-hydrogen) atoms. The molecule has 0 saturated carbocycles. The van der Waals surface area contributed by atoms with E-state index in [-0.39, 0.29) is 11.4 Å². The van der Waals surface area contributed by atoms with Crippen molar-refractivity contribution in [2.75, 3.05) is 13.1 Å². The van der Waals surface area contributed by atoms with E-state index in [4.69, 9.17) is 0 Å². The summed E-state index contributed by atoms with van der Waals surface area (Å²) in [6.07, 6.45) is 0.479. The molecule has 1 aromatic carbocycles. The van der Waals surface area contributed by atoms with E-state index < -0.39 is 21.9 Å². The monoisotopic (exact) mass is 337 g/mol. The Bertz CT molecular complexity index is 549. The topological polar surface area (TPSA) is 57.6 Å². The molecule has 1 fully saturated rings. The molecule has 1 heterocycles. The van der Waals surface area contributed by atoms with Gasteiger partial charge in [-0.2, -0.15) is 4.31 Å². The summed E-state index contributed by atoms with van der Waals surface area (Å²) in [4.78, 5) is -0.356. The SMILES string of the molecule is O=S(=O)(c1cc(Br)ccc1F)N1CCCC(O)C1. The summed E-state index contributed by atoms with van der Waals surface area (Å²) in [5.74, 6) is -0.779. The third-order valence-electron chi connectivity index (χ3n) is 2.87. The lowest BCUT2D eigenvalue weighted by Gasteiger charge is -2.29. The van der Waals surface area contributed by atoms with Crippen molar-refractivity contribution >= 4 is 26.0 Å². The summed E-state index contributed by atoms with van der Waals surface area (Å²) in [6.45, 7) is 0.333. The van der Waals surface area contributed by atoms with Gasteiger partial charge in [0.15, 0.2) is 0 Å². The number of aliphatic hydroxyl groups excluding tert-OH is 1. The minimum absolute atomic E-state index is 0.0221. The van der Waals surface area contributed by atoms with E-state index in [1.165, 1.54) is 12.1 Å². The second-order valence-corrected chi connectivity index (χ2v) is 7.06. The number of halogens is 2. The molecule has 0 bridgehead atoms. The Labute approximate surface area is 114 Å². The van der Waals surface area contributed by atoms with Crippen molar-refractivity contribution in [3.63, 3.8) is 0 Å². The average Bonchev–Trinajstić information content (AvgIpc) is 2.32. The van der Waals surface area contributed by atoms with Crippen LogP contribution in [0.5, 0.6) is 0 Å². The molecule has 0 spiro atoms. The van der Waals surface area contributed by atoms with Crippen LogP contribution in [0.4, 0.5) is 4.39 Å². The third kappa shape index (κ3) is 2.74. The number of hydrogen-bond acceptors (Lipinski definition) is 3. The second kappa shape index (κ2) is 5.24. The van der Waals surface area contributed by atoms with Crippen molar-refractivity contribution in [1.29, 1.82) is 0 Å². The van der Waals surface area contributed by atoms with E-state index in [0.717, 1.165) is 10.4 Å². The maximum atomic E-state index is 13.6. The van der Waals surface area contributed by atoms with E-state index >= 15 is 0 Å². The Morgan fingerprint density at radius 3 is 2.83 bits per heavy atom. The fourth-order valence-corrected chi connectivity index (χ4v) is 4.07. The van der Waals surface area contributed by atoms with Crippen molar-refractivity contribution in [2.45, 2.75) is 23.8 Å². The second-order valence-electron chi connectivity index (χ2n) is 4.23. The van der Waals surface area contributed by atoms with Crippen LogP contribution >= 0.6 is 15.9 Å². The van der Waals surface area contributed by atoms with Gasteiger partial charge in [-0.1, -0.05) is 15.9 Å². The highest BCUT2D eigenvalue weighted by Crippen LogP contribution is 2.25. The zero-order chi connectivity index (χ0) is 13.3. The van der Waals surface area contributed by atoms with Gasteiger partial charge >= 0.3 is 0 Å². The van der Waals surface area contributed by atoms with Gasteiger partial charge in [0, 0.05) is 17.6 Å². The Hall–Kier alpha value is -0.500. The first-order valence-electron chi connectivity index (χ1n) is 5.54. The van der Waals surface area contributed by atoms with Crippen LogP contribution < -0.4 is 0 Å². The largest absolute Gasteiger partial charge is 0.392 e. The Kier molecular flexibility index (Phi) is 4.05. The molecule has 2 rings (SSSR count). The zero-order valence-corrected chi connectivity index (χ0v) is 11.9. The molecule has 0 radical (unpaired) electrons. The molecule has 0 aromatic heterocycles. The van der Waals surface area contributed by atoms with Gasteiger partial charge in [0.2, 0.25) is 10.0 Å². The van der Waals surface area contributed by atoms with Crippen LogP contribution in [-0.4, -0.2) is 37.0 Å². The Balaban J connectivity index is 2.38. The minimum Gasteiger partial charge on any atom is -0.392 e. The van der Waals surface area contributed by atoms with Crippen LogP contribution in [0.25, 0.3) is 0 Å².